The van der Waals surface area contributed by atoms with Crippen molar-refractivity contribution in [3.05, 3.63) is 0 Å². The predicted octanol–water partition coefficient (Wildman–Crippen LogP) is 4.50. The van der Waals surface area contributed by atoms with Gasteiger partial charge in [0.15, 0.2) is 0 Å². The summed E-state index contributed by atoms with van der Waals surface area (Å²) in [4.78, 5) is 0. The summed E-state index contributed by atoms with van der Waals surface area (Å²) < 4.78 is 0. The number of fused-ring (bicyclic) bond motifs is 1. The van der Waals surface area contributed by atoms with Gasteiger partial charge in [0.1, 0.15) is 0 Å². The minimum atomic E-state index is 0.515. The minimum Gasteiger partial charge on any atom is -0.328 e. The molecule has 3 saturated carbocycles. The third-order valence-corrected chi connectivity index (χ3v) is 6.29. The lowest BCUT2D eigenvalue weighted by Crippen LogP contribution is -2.35. The molecule has 0 radical (unpaired) electrons. The molecule has 0 aromatic rings. The second-order valence-electron chi connectivity index (χ2n) is 7.33. The van der Waals surface area contributed by atoms with Crippen molar-refractivity contribution in [3.8, 4) is 0 Å². The number of rotatable bonds is 1. The average molecular weight is 249 g/mol. The summed E-state index contributed by atoms with van der Waals surface area (Å²) in [5.41, 5.74) is 6.16. The van der Waals surface area contributed by atoms with Crippen molar-refractivity contribution in [3.63, 3.8) is 0 Å². The van der Waals surface area contributed by atoms with Crippen molar-refractivity contribution in [2.24, 2.45) is 29.4 Å². The summed E-state index contributed by atoms with van der Waals surface area (Å²) in [5, 5.41) is 0. The topological polar surface area (TPSA) is 26.0 Å². The van der Waals surface area contributed by atoms with Crippen molar-refractivity contribution in [2.45, 2.75) is 83.1 Å². The van der Waals surface area contributed by atoms with Gasteiger partial charge in [-0.3, -0.25) is 0 Å². The molecular weight excluding hydrogens is 218 g/mol. The summed E-state index contributed by atoms with van der Waals surface area (Å²) in [6.07, 6.45) is 17.7. The van der Waals surface area contributed by atoms with E-state index in [0.717, 1.165) is 23.7 Å². The van der Waals surface area contributed by atoms with Gasteiger partial charge < -0.3 is 5.73 Å². The van der Waals surface area contributed by atoms with E-state index in [2.05, 4.69) is 0 Å². The van der Waals surface area contributed by atoms with Crippen LogP contribution in [-0.2, 0) is 0 Å². The molecule has 1 heteroatoms. The zero-order valence-corrected chi connectivity index (χ0v) is 11.9. The average Bonchev–Trinajstić information content (AvgIpc) is 2.63. The van der Waals surface area contributed by atoms with E-state index < -0.39 is 0 Å². The smallest absolute Gasteiger partial charge is 0.00389 e. The molecule has 2 N–H and O–H groups in total. The Hall–Kier alpha value is -0.0400. The molecule has 5 unspecified atom stereocenters. The molecule has 0 heterocycles. The maximum Gasteiger partial charge on any atom is 0.00389 e. The van der Waals surface area contributed by atoms with Gasteiger partial charge in [-0.25, -0.2) is 0 Å². The van der Waals surface area contributed by atoms with Gasteiger partial charge in [-0.05, 0) is 55.8 Å². The van der Waals surface area contributed by atoms with Crippen LogP contribution in [0.25, 0.3) is 0 Å². The first-order chi connectivity index (χ1) is 8.84. The molecule has 5 atom stereocenters. The fourth-order valence-corrected chi connectivity index (χ4v) is 5.36. The summed E-state index contributed by atoms with van der Waals surface area (Å²) in [6.45, 7) is 0. The molecule has 0 spiro atoms. The Labute approximate surface area is 113 Å². The lowest BCUT2D eigenvalue weighted by Gasteiger charge is -2.44. The van der Waals surface area contributed by atoms with Gasteiger partial charge in [0.25, 0.3) is 0 Å². The maximum atomic E-state index is 6.16. The van der Waals surface area contributed by atoms with Crippen LogP contribution >= 0.6 is 0 Å². The highest BCUT2D eigenvalue weighted by atomic mass is 14.6. The van der Waals surface area contributed by atoms with Crippen LogP contribution in [0.4, 0.5) is 0 Å². The number of nitrogens with two attached hydrogens (primary N) is 1. The van der Waals surface area contributed by atoms with Crippen molar-refractivity contribution in [2.75, 3.05) is 0 Å². The first-order valence-corrected chi connectivity index (χ1v) is 8.60. The fraction of sp³-hybridized carbons (Fsp3) is 1.00. The van der Waals surface area contributed by atoms with Crippen LogP contribution < -0.4 is 5.73 Å². The molecule has 0 saturated heterocycles. The largest absolute Gasteiger partial charge is 0.328 e. The monoisotopic (exact) mass is 249 g/mol. The SMILES string of the molecule is NC1CCCC(C2CCCC3CCCCC32)CC1. The van der Waals surface area contributed by atoms with Crippen LogP contribution in [-0.4, -0.2) is 6.04 Å². The van der Waals surface area contributed by atoms with E-state index in [4.69, 9.17) is 5.73 Å². The second kappa shape index (κ2) is 5.94. The highest BCUT2D eigenvalue weighted by Gasteiger charge is 2.38. The highest BCUT2D eigenvalue weighted by Crippen LogP contribution is 2.48. The highest BCUT2D eigenvalue weighted by molar-refractivity contribution is 4.89. The molecule has 3 aliphatic rings. The van der Waals surface area contributed by atoms with E-state index in [9.17, 15) is 0 Å². The molecule has 0 aliphatic heterocycles. The predicted molar refractivity (Wildman–Crippen MR) is 77.3 cm³/mol. The van der Waals surface area contributed by atoms with E-state index in [-0.39, 0.29) is 0 Å². The van der Waals surface area contributed by atoms with Crippen molar-refractivity contribution < 1.29 is 0 Å². The Bertz CT molecular complexity index is 260. The summed E-state index contributed by atoms with van der Waals surface area (Å²) in [5.74, 6) is 4.32. The lowest BCUT2D eigenvalue weighted by molar-refractivity contribution is 0.0581. The van der Waals surface area contributed by atoms with Crippen molar-refractivity contribution in [1.29, 1.82) is 0 Å². The van der Waals surface area contributed by atoms with Gasteiger partial charge in [0.05, 0.1) is 0 Å². The van der Waals surface area contributed by atoms with Crippen molar-refractivity contribution >= 4 is 0 Å². The summed E-state index contributed by atoms with van der Waals surface area (Å²) in [6, 6.07) is 0.515. The Morgan fingerprint density at radius 2 is 1.06 bits per heavy atom. The van der Waals surface area contributed by atoms with E-state index in [1.165, 1.54) is 51.4 Å². The van der Waals surface area contributed by atoms with Crippen LogP contribution in [0.1, 0.15) is 77.0 Å². The molecule has 0 amide bonds. The molecule has 1 nitrogen and oxygen atoms in total. The zero-order valence-electron chi connectivity index (χ0n) is 11.9. The Morgan fingerprint density at radius 3 is 1.89 bits per heavy atom. The molecular formula is C17H31N. The van der Waals surface area contributed by atoms with Gasteiger partial charge in [0.2, 0.25) is 0 Å². The van der Waals surface area contributed by atoms with Crippen LogP contribution in [0, 0.1) is 23.7 Å². The van der Waals surface area contributed by atoms with Crippen LogP contribution in [0.5, 0.6) is 0 Å². The van der Waals surface area contributed by atoms with Gasteiger partial charge in [-0.2, -0.15) is 0 Å². The van der Waals surface area contributed by atoms with Gasteiger partial charge in [-0.15, -0.1) is 0 Å². The van der Waals surface area contributed by atoms with E-state index in [1.807, 2.05) is 0 Å². The van der Waals surface area contributed by atoms with Crippen LogP contribution in [0.2, 0.25) is 0 Å². The van der Waals surface area contributed by atoms with Crippen molar-refractivity contribution in [1.82, 2.24) is 0 Å². The maximum absolute atomic E-state index is 6.16. The molecule has 0 bridgehead atoms. The quantitative estimate of drug-likeness (QED) is 0.680. The normalized spacial score (nSPS) is 46.2. The molecule has 3 aliphatic carbocycles. The third kappa shape index (κ3) is 2.76. The van der Waals surface area contributed by atoms with E-state index >= 15 is 0 Å². The standard InChI is InChI=1S/C17H31N/c18-15-8-3-6-14(11-12-15)17-10-4-7-13-5-1-2-9-16(13)17/h13-17H,1-12,18H2. The first-order valence-electron chi connectivity index (χ1n) is 8.60. The second-order valence-corrected chi connectivity index (χ2v) is 7.33. The molecule has 18 heavy (non-hydrogen) atoms. The summed E-state index contributed by atoms with van der Waals surface area (Å²) >= 11 is 0. The van der Waals surface area contributed by atoms with Gasteiger partial charge >= 0.3 is 0 Å². The molecule has 104 valence electrons. The summed E-state index contributed by atoms with van der Waals surface area (Å²) in [7, 11) is 0. The van der Waals surface area contributed by atoms with E-state index in [0.29, 0.717) is 6.04 Å². The minimum absolute atomic E-state index is 0.515. The molecule has 0 aromatic heterocycles. The van der Waals surface area contributed by atoms with Gasteiger partial charge in [0, 0.05) is 6.04 Å². The lowest BCUT2D eigenvalue weighted by atomic mass is 9.61. The Balaban J connectivity index is 1.65. The number of hydrogen-bond acceptors (Lipinski definition) is 1. The van der Waals surface area contributed by atoms with Gasteiger partial charge in [-0.1, -0.05) is 44.9 Å². The zero-order chi connectivity index (χ0) is 12.4. The molecule has 3 rings (SSSR count). The fourth-order valence-electron chi connectivity index (χ4n) is 5.36. The third-order valence-electron chi connectivity index (χ3n) is 6.29. The number of hydrogen-bond donors (Lipinski definition) is 1. The van der Waals surface area contributed by atoms with Crippen LogP contribution in [0.3, 0.4) is 0 Å². The molecule has 3 fully saturated rings. The Morgan fingerprint density at radius 1 is 0.500 bits per heavy atom. The Kier molecular flexibility index (Phi) is 4.28. The molecule has 0 aromatic carbocycles. The van der Waals surface area contributed by atoms with Crippen LogP contribution in [0.15, 0.2) is 0 Å². The first kappa shape index (κ1) is 13.0. The van der Waals surface area contributed by atoms with E-state index in [1.54, 1.807) is 25.7 Å².